The number of halogens is 3. The van der Waals surface area contributed by atoms with E-state index in [1.165, 1.54) is 25.2 Å². The quantitative estimate of drug-likeness (QED) is 0.676. The molecule has 2 rings (SSSR count). The molecule has 1 saturated carbocycles. The second-order valence-corrected chi connectivity index (χ2v) is 9.11. The van der Waals surface area contributed by atoms with Crippen molar-refractivity contribution in [3.05, 3.63) is 23.8 Å². The molecule has 0 aromatic carbocycles. The molecule has 0 bridgehead atoms. The van der Waals surface area contributed by atoms with Crippen LogP contribution in [-0.4, -0.2) is 30.8 Å². The third-order valence-electron chi connectivity index (χ3n) is 2.83. The first-order chi connectivity index (χ1) is 8.58. The molecule has 2 aliphatic rings. The van der Waals surface area contributed by atoms with Gasteiger partial charge in [-0.15, -0.1) is 11.6 Å². The van der Waals surface area contributed by atoms with Crippen molar-refractivity contribution in [1.29, 1.82) is 0 Å². The lowest BCUT2D eigenvalue weighted by Gasteiger charge is -2.23. The Balaban J connectivity index is 0.000000250. The van der Waals surface area contributed by atoms with E-state index in [0.717, 1.165) is 6.42 Å². The summed E-state index contributed by atoms with van der Waals surface area (Å²) in [5, 5.41) is 17.8. The number of allylic oxidation sites excluding steroid dienone is 2. The minimum atomic E-state index is -1.08. The Morgan fingerprint density at radius 1 is 1.42 bits per heavy atom. The smallest absolute Gasteiger partial charge is 0.331 e. The number of hydrogen-bond donors (Lipinski definition) is 2. The van der Waals surface area contributed by atoms with Gasteiger partial charge in [0.15, 0.2) is 0 Å². The number of aliphatic carboxylic acids is 2. The Morgan fingerprint density at radius 2 is 1.89 bits per heavy atom. The highest BCUT2D eigenvalue weighted by Crippen LogP contribution is 2.53. The van der Waals surface area contributed by atoms with Crippen molar-refractivity contribution in [2.24, 2.45) is 5.41 Å². The minimum Gasteiger partial charge on any atom is -0.481 e. The molecule has 2 aliphatic carbocycles. The van der Waals surface area contributed by atoms with E-state index in [-0.39, 0.29) is 15.2 Å². The molecule has 0 spiro atoms. The Labute approximate surface area is 132 Å². The zero-order chi connectivity index (χ0) is 14.8. The summed E-state index contributed by atoms with van der Waals surface area (Å²) in [6, 6.07) is 0. The van der Waals surface area contributed by atoms with Gasteiger partial charge in [0.1, 0.15) is 0 Å². The number of hydrogen-bond acceptors (Lipinski definition) is 2. The highest BCUT2D eigenvalue weighted by atomic mass is 79.9. The number of alkyl halides is 3. The third kappa shape index (κ3) is 4.61. The van der Waals surface area contributed by atoms with Gasteiger partial charge in [0.05, 0.1) is 14.0 Å². The predicted octanol–water partition coefficient (Wildman–Crippen LogP) is 3.53. The molecule has 0 saturated heterocycles. The maximum Gasteiger partial charge on any atom is 0.331 e. The van der Waals surface area contributed by atoms with Gasteiger partial charge >= 0.3 is 11.9 Å². The Morgan fingerprint density at radius 3 is 2.21 bits per heavy atom. The van der Waals surface area contributed by atoms with Gasteiger partial charge in [-0.1, -0.05) is 50.1 Å². The summed E-state index contributed by atoms with van der Waals surface area (Å²) in [5.41, 5.74) is -0.949. The van der Waals surface area contributed by atoms with Crippen LogP contribution in [0.2, 0.25) is 0 Å². The first kappa shape index (κ1) is 16.7. The summed E-state index contributed by atoms with van der Waals surface area (Å²) in [6.07, 6.45) is 5.47. The largest absolute Gasteiger partial charge is 0.481 e. The van der Waals surface area contributed by atoms with Crippen molar-refractivity contribution < 1.29 is 19.8 Å². The molecule has 2 N–H and O–H groups in total. The van der Waals surface area contributed by atoms with E-state index in [1.807, 2.05) is 0 Å². The first-order valence-corrected chi connectivity index (χ1v) is 7.48. The van der Waals surface area contributed by atoms with Crippen LogP contribution < -0.4 is 0 Å². The lowest BCUT2D eigenvalue weighted by molar-refractivity contribution is -0.145. The van der Waals surface area contributed by atoms with E-state index in [1.54, 1.807) is 0 Å². The average molecular weight is 416 g/mol. The van der Waals surface area contributed by atoms with E-state index in [4.69, 9.17) is 21.8 Å². The maximum atomic E-state index is 10.8. The van der Waals surface area contributed by atoms with Crippen LogP contribution in [0, 0.1) is 5.41 Å². The SMILES string of the molecule is CC1(C(=O)O)C=CC=C(C(=O)O)C1.ClC1CC1(Br)Br. The molecule has 0 aliphatic heterocycles. The van der Waals surface area contributed by atoms with Gasteiger partial charge in [-0.05, 0) is 19.8 Å². The molecule has 106 valence electrons. The Kier molecular flexibility index (Phi) is 5.26. The lowest BCUT2D eigenvalue weighted by Crippen LogP contribution is -2.28. The van der Waals surface area contributed by atoms with Crippen LogP contribution in [-0.2, 0) is 9.59 Å². The number of carbonyl (C=O) groups is 2. The standard InChI is InChI=1S/C9H10O4.C3H3Br2Cl/c1-9(8(12)13)4-2-3-6(5-9)7(10)11;4-3(5)1-2(3)6/h2-4H,5H2,1H3,(H,10,11)(H,12,13);2H,1H2. The van der Waals surface area contributed by atoms with Crippen LogP contribution in [0.25, 0.3) is 0 Å². The molecule has 4 nitrogen and oxygen atoms in total. The van der Waals surface area contributed by atoms with E-state index in [9.17, 15) is 9.59 Å². The van der Waals surface area contributed by atoms with Gasteiger partial charge in [0, 0.05) is 5.57 Å². The van der Waals surface area contributed by atoms with E-state index in [0.29, 0.717) is 5.38 Å². The molecule has 2 unspecified atom stereocenters. The second kappa shape index (κ2) is 5.97. The molecule has 0 radical (unpaired) electrons. The van der Waals surface area contributed by atoms with Gasteiger partial charge in [-0.2, -0.15) is 0 Å². The van der Waals surface area contributed by atoms with Crippen LogP contribution in [0.1, 0.15) is 19.8 Å². The zero-order valence-electron chi connectivity index (χ0n) is 10.1. The van der Waals surface area contributed by atoms with Crippen LogP contribution in [0.3, 0.4) is 0 Å². The van der Waals surface area contributed by atoms with Gasteiger partial charge in [0.25, 0.3) is 0 Å². The topological polar surface area (TPSA) is 74.6 Å². The third-order valence-corrected chi connectivity index (χ3v) is 5.64. The van der Waals surface area contributed by atoms with E-state index >= 15 is 0 Å². The van der Waals surface area contributed by atoms with Crippen molar-refractivity contribution in [3.8, 4) is 0 Å². The number of carboxylic acids is 2. The van der Waals surface area contributed by atoms with Gasteiger partial charge in [-0.3, -0.25) is 4.79 Å². The molecular weight excluding hydrogens is 403 g/mol. The van der Waals surface area contributed by atoms with Gasteiger partial charge in [-0.25, -0.2) is 4.79 Å². The molecule has 2 atom stereocenters. The molecule has 0 amide bonds. The van der Waals surface area contributed by atoms with E-state index in [2.05, 4.69) is 31.9 Å². The number of carboxylic acid groups (broad SMARTS) is 2. The normalized spacial score (nSPS) is 30.7. The second-order valence-electron chi connectivity index (χ2n) is 4.69. The maximum absolute atomic E-state index is 10.8. The molecule has 0 aromatic heterocycles. The summed E-state index contributed by atoms with van der Waals surface area (Å²) < 4.78 is 0.0988. The van der Waals surface area contributed by atoms with Crippen LogP contribution >= 0.6 is 43.5 Å². The molecular formula is C12H13Br2ClO4. The zero-order valence-corrected chi connectivity index (χ0v) is 14.0. The Hall–Kier alpha value is -0.330. The molecule has 0 heterocycles. The summed E-state index contributed by atoms with van der Waals surface area (Å²) >= 11 is 12.3. The summed E-state index contributed by atoms with van der Waals surface area (Å²) in [6.45, 7) is 1.50. The predicted molar refractivity (Wildman–Crippen MR) is 80.1 cm³/mol. The first-order valence-electron chi connectivity index (χ1n) is 5.45. The molecule has 19 heavy (non-hydrogen) atoms. The van der Waals surface area contributed by atoms with Crippen molar-refractivity contribution in [1.82, 2.24) is 0 Å². The minimum absolute atomic E-state index is 0.0359. The lowest BCUT2D eigenvalue weighted by atomic mass is 9.80. The van der Waals surface area contributed by atoms with Crippen LogP contribution in [0.15, 0.2) is 23.8 Å². The highest BCUT2D eigenvalue weighted by molar-refractivity contribution is 9.25. The average Bonchev–Trinajstić information content (AvgIpc) is 2.84. The molecule has 0 aromatic rings. The monoisotopic (exact) mass is 414 g/mol. The molecule has 7 heteroatoms. The van der Waals surface area contributed by atoms with Gasteiger partial charge in [0.2, 0.25) is 0 Å². The molecule has 1 fully saturated rings. The van der Waals surface area contributed by atoms with Crippen molar-refractivity contribution >= 4 is 55.4 Å². The summed E-state index contributed by atoms with van der Waals surface area (Å²) in [4.78, 5) is 21.3. The fourth-order valence-electron chi connectivity index (χ4n) is 1.36. The van der Waals surface area contributed by atoms with Crippen LogP contribution in [0.5, 0.6) is 0 Å². The van der Waals surface area contributed by atoms with Crippen molar-refractivity contribution in [3.63, 3.8) is 0 Å². The van der Waals surface area contributed by atoms with Crippen LogP contribution in [0.4, 0.5) is 0 Å². The van der Waals surface area contributed by atoms with Crippen molar-refractivity contribution in [2.75, 3.05) is 0 Å². The fraction of sp³-hybridized carbons (Fsp3) is 0.500. The highest BCUT2D eigenvalue weighted by Gasteiger charge is 2.49. The van der Waals surface area contributed by atoms with E-state index < -0.39 is 17.4 Å². The Bertz CT molecular complexity index is 459. The van der Waals surface area contributed by atoms with Gasteiger partial charge < -0.3 is 10.2 Å². The summed E-state index contributed by atoms with van der Waals surface area (Å²) in [5.74, 6) is -2.06. The van der Waals surface area contributed by atoms with Crippen molar-refractivity contribution in [2.45, 2.75) is 28.4 Å². The number of rotatable bonds is 2. The summed E-state index contributed by atoms with van der Waals surface area (Å²) in [7, 11) is 0. The fourth-order valence-corrected chi connectivity index (χ4v) is 2.63.